The maximum atomic E-state index is 5.56. The molecule has 1 N–H and O–H groups in total. The summed E-state index contributed by atoms with van der Waals surface area (Å²) >= 11 is 3.44. The van der Waals surface area contributed by atoms with Crippen molar-refractivity contribution in [3.05, 3.63) is 52.6 Å². The largest absolute Gasteiger partial charge is 0.490 e. The van der Waals surface area contributed by atoms with Crippen LogP contribution in [0.5, 0.6) is 5.75 Å². The van der Waals surface area contributed by atoms with Crippen molar-refractivity contribution in [1.82, 2.24) is 4.98 Å². The Morgan fingerprint density at radius 1 is 1.26 bits per heavy atom. The minimum absolute atomic E-state index is 0.169. The first-order valence-corrected chi connectivity index (χ1v) is 7.10. The average Bonchev–Trinajstić information content (AvgIpc) is 2.42. The number of hydrogen-bond acceptors (Lipinski definition) is 3. The van der Waals surface area contributed by atoms with Gasteiger partial charge in [0, 0.05) is 10.7 Å². The van der Waals surface area contributed by atoms with E-state index in [1.165, 1.54) is 5.56 Å². The van der Waals surface area contributed by atoms with Crippen molar-refractivity contribution in [2.45, 2.75) is 19.9 Å². The summed E-state index contributed by atoms with van der Waals surface area (Å²) in [6, 6.07) is 12.2. The van der Waals surface area contributed by atoms with E-state index in [1.807, 2.05) is 31.2 Å². The molecule has 19 heavy (non-hydrogen) atoms. The predicted octanol–water partition coefficient (Wildman–Crippen LogP) is 4.42. The molecule has 1 unspecified atom stereocenters. The molecule has 0 aliphatic carbocycles. The summed E-state index contributed by atoms with van der Waals surface area (Å²) in [5.74, 6) is 1.56. The van der Waals surface area contributed by atoms with Crippen LogP contribution in [-0.4, -0.2) is 11.6 Å². The number of anilines is 1. The van der Waals surface area contributed by atoms with Crippen molar-refractivity contribution < 1.29 is 4.74 Å². The highest BCUT2D eigenvalue weighted by atomic mass is 79.9. The highest BCUT2D eigenvalue weighted by Crippen LogP contribution is 2.26. The second kappa shape index (κ2) is 6.57. The lowest BCUT2D eigenvalue weighted by Crippen LogP contribution is -2.09. The molecule has 0 saturated carbocycles. The molecule has 1 aromatic heterocycles. The van der Waals surface area contributed by atoms with E-state index in [0.29, 0.717) is 6.61 Å². The number of pyridine rings is 1. The Morgan fingerprint density at radius 3 is 2.68 bits per heavy atom. The molecule has 0 spiro atoms. The molecule has 0 aliphatic rings. The van der Waals surface area contributed by atoms with E-state index in [2.05, 4.69) is 45.3 Å². The molecule has 0 saturated heterocycles. The van der Waals surface area contributed by atoms with Gasteiger partial charge in [-0.1, -0.05) is 28.1 Å². The Morgan fingerprint density at radius 2 is 2.00 bits per heavy atom. The van der Waals surface area contributed by atoms with Crippen LogP contribution in [-0.2, 0) is 0 Å². The first-order valence-electron chi connectivity index (χ1n) is 6.30. The Balaban J connectivity index is 2.14. The van der Waals surface area contributed by atoms with Gasteiger partial charge in [0.25, 0.3) is 0 Å². The van der Waals surface area contributed by atoms with Gasteiger partial charge >= 0.3 is 0 Å². The second-order valence-corrected chi connectivity index (χ2v) is 5.12. The lowest BCUT2D eigenvalue weighted by atomic mass is 10.1. The molecule has 2 rings (SSSR count). The van der Waals surface area contributed by atoms with E-state index in [4.69, 9.17) is 4.74 Å². The van der Waals surface area contributed by atoms with Gasteiger partial charge in [-0.3, -0.25) is 0 Å². The molecule has 2 aromatic rings. The van der Waals surface area contributed by atoms with E-state index in [9.17, 15) is 0 Å². The smallest absolute Gasteiger partial charge is 0.169 e. The summed E-state index contributed by atoms with van der Waals surface area (Å²) in [5.41, 5.74) is 1.20. The van der Waals surface area contributed by atoms with Gasteiger partial charge in [-0.15, -0.1) is 0 Å². The molecule has 1 aromatic carbocycles. The summed E-state index contributed by atoms with van der Waals surface area (Å²) < 4.78 is 6.64. The molecule has 0 bridgehead atoms. The average molecular weight is 321 g/mol. The predicted molar refractivity (Wildman–Crippen MR) is 81.6 cm³/mol. The van der Waals surface area contributed by atoms with Crippen LogP contribution >= 0.6 is 15.9 Å². The minimum Gasteiger partial charge on any atom is -0.490 e. The summed E-state index contributed by atoms with van der Waals surface area (Å²) in [6.45, 7) is 4.70. The van der Waals surface area contributed by atoms with Crippen molar-refractivity contribution in [3.63, 3.8) is 0 Å². The zero-order valence-corrected chi connectivity index (χ0v) is 12.6. The van der Waals surface area contributed by atoms with Crippen LogP contribution in [0.4, 0.5) is 5.82 Å². The van der Waals surface area contributed by atoms with E-state index >= 15 is 0 Å². The highest BCUT2D eigenvalue weighted by Gasteiger charge is 2.09. The second-order valence-electron chi connectivity index (χ2n) is 4.20. The van der Waals surface area contributed by atoms with Gasteiger partial charge in [0.05, 0.1) is 12.6 Å². The Kier molecular flexibility index (Phi) is 4.80. The van der Waals surface area contributed by atoms with Gasteiger partial charge in [0.15, 0.2) is 11.6 Å². The van der Waals surface area contributed by atoms with Crippen molar-refractivity contribution in [3.8, 4) is 5.75 Å². The van der Waals surface area contributed by atoms with Crippen LogP contribution in [0.2, 0.25) is 0 Å². The van der Waals surface area contributed by atoms with E-state index in [0.717, 1.165) is 16.0 Å². The number of hydrogen-bond donors (Lipinski definition) is 1. The van der Waals surface area contributed by atoms with Crippen molar-refractivity contribution in [1.29, 1.82) is 0 Å². The third-order valence-electron chi connectivity index (χ3n) is 2.79. The first kappa shape index (κ1) is 13.9. The molecular formula is C15H17BrN2O. The first-order chi connectivity index (χ1) is 9.20. The fraction of sp³-hybridized carbons (Fsp3) is 0.267. The maximum Gasteiger partial charge on any atom is 0.169 e. The lowest BCUT2D eigenvalue weighted by Gasteiger charge is -2.17. The van der Waals surface area contributed by atoms with Gasteiger partial charge < -0.3 is 10.1 Å². The van der Waals surface area contributed by atoms with E-state index in [-0.39, 0.29) is 6.04 Å². The standard InChI is InChI=1S/C15H17BrN2O/c1-3-19-14-5-4-10-17-15(14)18-11(2)12-6-8-13(16)9-7-12/h4-11H,3H2,1-2H3,(H,17,18). The molecule has 1 heterocycles. The molecule has 0 aliphatic heterocycles. The molecular weight excluding hydrogens is 304 g/mol. The minimum atomic E-state index is 0.169. The van der Waals surface area contributed by atoms with Gasteiger partial charge in [0.2, 0.25) is 0 Å². The number of nitrogens with zero attached hydrogens (tertiary/aromatic N) is 1. The summed E-state index contributed by atoms with van der Waals surface area (Å²) in [5, 5.41) is 3.38. The Hall–Kier alpha value is -1.55. The number of nitrogens with one attached hydrogen (secondary N) is 1. The normalized spacial score (nSPS) is 11.9. The van der Waals surface area contributed by atoms with Crippen LogP contribution in [0, 0.1) is 0 Å². The molecule has 3 nitrogen and oxygen atoms in total. The van der Waals surface area contributed by atoms with Gasteiger partial charge in [-0.2, -0.15) is 0 Å². The van der Waals surface area contributed by atoms with Crippen LogP contribution < -0.4 is 10.1 Å². The fourth-order valence-electron chi connectivity index (χ4n) is 1.81. The number of ether oxygens (including phenoxy) is 1. The van der Waals surface area contributed by atoms with Gasteiger partial charge in [-0.25, -0.2) is 4.98 Å². The highest BCUT2D eigenvalue weighted by molar-refractivity contribution is 9.10. The Labute approximate surface area is 122 Å². The lowest BCUT2D eigenvalue weighted by molar-refractivity contribution is 0.340. The molecule has 0 amide bonds. The number of halogens is 1. The van der Waals surface area contributed by atoms with Crippen molar-refractivity contribution in [2.24, 2.45) is 0 Å². The van der Waals surface area contributed by atoms with Crippen LogP contribution in [0.3, 0.4) is 0 Å². The quantitative estimate of drug-likeness (QED) is 0.885. The molecule has 4 heteroatoms. The van der Waals surface area contributed by atoms with Crippen LogP contribution in [0.15, 0.2) is 47.1 Å². The number of aromatic nitrogens is 1. The molecule has 100 valence electrons. The molecule has 0 fully saturated rings. The third-order valence-corrected chi connectivity index (χ3v) is 3.32. The van der Waals surface area contributed by atoms with Gasteiger partial charge in [-0.05, 0) is 43.7 Å². The fourth-order valence-corrected chi connectivity index (χ4v) is 2.08. The molecule has 0 radical (unpaired) electrons. The van der Waals surface area contributed by atoms with E-state index in [1.54, 1.807) is 6.20 Å². The van der Waals surface area contributed by atoms with Crippen molar-refractivity contribution in [2.75, 3.05) is 11.9 Å². The summed E-state index contributed by atoms with van der Waals surface area (Å²) in [7, 11) is 0. The monoisotopic (exact) mass is 320 g/mol. The zero-order chi connectivity index (χ0) is 13.7. The van der Waals surface area contributed by atoms with E-state index < -0.39 is 0 Å². The van der Waals surface area contributed by atoms with Gasteiger partial charge in [0.1, 0.15) is 0 Å². The Bertz CT molecular complexity index is 528. The third kappa shape index (κ3) is 3.70. The maximum absolute atomic E-state index is 5.56. The zero-order valence-electron chi connectivity index (χ0n) is 11.1. The summed E-state index contributed by atoms with van der Waals surface area (Å²) in [6.07, 6.45) is 1.76. The SMILES string of the molecule is CCOc1cccnc1NC(C)c1ccc(Br)cc1. The topological polar surface area (TPSA) is 34.1 Å². The van der Waals surface area contributed by atoms with Crippen LogP contribution in [0.1, 0.15) is 25.5 Å². The van der Waals surface area contributed by atoms with Crippen molar-refractivity contribution >= 4 is 21.7 Å². The molecule has 1 atom stereocenters. The number of benzene rings is 1. The van der Waals surface area contributed by atoms with Crippen LogP contribution in [0.25, 0.3) is 0 Å². The number of rotatable bonds is 5. The summed E-state index contributed by atoms with van der Waals surface area (Å²) in [4.78, 5) is 4.33.